The predicted octanol–water partition coefficient (Wildman–Crippen LogP) is 4.50. The van der Waals surface area contributed by atoms with Crippen molar-refractivity contribution in [3.05, 3.63) is 89.0 Å². The van der Waals surface area contributed by atoms with Gasteiger partial charge >= 0.3 is 0 Å². The summed E-state index contributed by atoms with van der Waals surface area (Å²) in [5.74, 6) is -0.493. The number of sulfonamides is 1. The van der Waals surface area contributed by atoms with Crippen molar-refractivity contribution >= 4 is 27.4 Å². The second-order valence-electron chi connectivity index (χ2n) is 10.1. The van der Waals surface area contributed by atoms with Crippen LogP contribution in [0.5, 0.6) is 5.75 Å². The zero-order chi connectivity index (χ0) is 27.5. The molecule has 0 aromatic heterocycles. The van der Waals surface area contributed by atoms with Gasteiger partial charge in [0.15, 0.2) is 5.78 Å². The van der Waals surface area contributed by atoms with Crippen LogP contribution in [0.3, 0.4) is 0 Å². The molecule has 0 saturated carbocycles. The number of hydrogen-bond donors (Lipinski definition) is 1. The lowest BCUT2D eigenvalue weighted by Crippen LogP contribution is -2.40. The van der Waals surface area contributed by atoms with Crippen LogP contribution in [0.4, 0.5) is 5.69 Å². The number of carbonyl (C=O) groups is 2. The molecule has 9 heteroatoms. The molecular weight excluding hydrogens is 504 g/mol. The third kappa shape index (κ3) is 5.96. The van der Waals surface area contributed by atoms with Crippen LogP contribution in [0.2, 0.25) is 0 Å². The van der Waals surface area contributed by atoms with E-state index in [4.69, 9.17) is 9.47 Å². The number of rotatable bonds is 7. The quantitative estimate of drug-likeness (QED) is 0.446. The van der Waals surface area contributed by atoms with Crippen molar-refractivity contribution < 1.29 is 27.5 Å². The molecule has 0 bridgehead atoms. The Morgan fingerprint density at radius 3 is 2.24 bits per heavy atom. The zero-order valence-electron chi connectivity index (χ0n) is 22.0. The van der Waals surface area contributed by atoms with Gasteiger partial charge in [0.25, 0.3) is 5.91 Å². The third-order valence-electron chi connectivity index (χ3n) is 6.42. The first-order chi connectivity index (χ1) is 18.0. The Morgan fingerprint density at radius 1 is 0.921 bits per heavy atom. The summed E-state index contributed by atoms with van der Waals surface area (Å²) in [5.41, 5.74) is 2.53. The van der Waals surface area contributed by atoms with Crippen LogP contribution in [0.25, 0.3) is 0 Å². The van der Waals surface area contributed by atoms with Gasteiger partial charge in [0, 0.05) is 29.9 Å². The van der Waals surface area contributed by atoms with Crippen molar-refractivity contribution in [3.63, 3.8) is 0 Å². The maximum Gasteiger partial charge on any atom is 0.259 e. The van der Waals surface area contributed by atoms with Gasteiger partial charge in [0.05, 0.1) is 30.8 Å². The van der Waals surface area contributed by atoms with E-state index in [1.807, 2.05) is 12.1 Å². The molecule has 1 amide bonds. The number of morpholine rings is 1. The van der Waals surface area contributed by atoms with Gasteiger partial charge in [-0.3, -0.25) is 9.59 Å². The molecule has 0 radical (unpaired) electrons. The third-order valence-corrected chi connectivity index (χ3v) is 8.31. The molecular formula is C29H32N2O6S. The summed E-state index contributed by atoms with van der Waals surface area (Å²) in [5, 5.41) is 2.77. The first kappa shape index (κ1) is 27.5. The Bertz CT molecular complexity index is 1440. The van der Waals surface area contributed by atoms with Crippen LogP contribution in [-0.2, 0) is 20.2 Å². The molecule has 3 aromatic carbocycles. The fraction of sp³-hybridized carbons (Fsp3) is 0.310. The number of carbonyl (C=O) groups excluding carboxylic acids is 2. The van der Waals surface area contributed by atoms with Gasteiger partial charge in [0.1, 0.15) is 5.75 Å². The summed E-state index contributed by atoms with van der Waals surface area (Å²) < 4.78 is 38.1. The van der Waals surface area contributed by atoms with E-state index >= 15 is 0 Å². The van der Waals surface area contributed by atoms with Crippen molar-refractivity contribution in [2.45, 2.75) is 31.1 Å². The second-order valence-corrected chi connectivity index (χ2v) is 12.0. The number of nitrogens with one attached hydrogen (secondary N) is 1. The smallest absolute Gasteiger partial charge is 0.259 e. The van der Waals surface area contributed by atoms with E-state index in [-0.39, 0.29) is 40.5 Å². The van der Waals surface area contributed by atoms with Gasteiger partial charge in [-0.1, -0.05) is 57.2 Å². The van der Waals surface area contributed by atoms with Gasteiger partial charge < -0.3 is 14.8 Å². The number of amides is 1. The highest BCUT2D eigenvalue weighted by Gasteiger charge is 2.28. The topological polar surface area (TPSA) is 102 Å². The van der Waals surface area contributed by atoms with Crippen molar-refractivity contribution in [2.24, 2.45) is 0 Å². The van der Waals surface area contributed by atoms with Gasteiger partial charge in [-0.2, -0.15) is 4.31 Å². The number of hydrogen-bond acceptors (Lipinski definition) is 6. The molecule has 0 spiro atoms. The number of methoxy groups -OCH3 is 1. The van der Waals surface area contributed by atoms with E-state index in [0.29, 0.717) is 30.0 Å². The fourth-order valence-electron chi connectivity index (χ4n) is 4.19. The maximum absolute atomic E-state index is 13.2. The summed E-state index contributed by atoms with van der Waals surface area (Å²) in [4.78, 5) is 26.3. The van der Waals surface area contributed by atoms with Crippen molar-refractivity contribution in [1.82, 2.24) is 4.31 Å². The van der Waals surface area contributed by atoms with Gasteiger partial charge in [0.2, 0.25) is 10.0 Å². The number of ether oxygens (including phenoxy) is 2. The molecule has 1 fully saturated rings. The highest BCUT2D eigenvalue weighted by atomic mass is 32.2. The van der Waals surface area contributed by atoms with Crippen molar-refractivity contribution in [3.8, 4) is 5.75 Å². The molecule has 0 aliphatic carbocycles. The highest BCUT2D eigenvalue weighted by Crippen LogP contribution is 2.27. The molecule has 0 atom stereocenters. The average molecular weight is 537 g/mol. The predicted molar refractivity (Wildman–Crippen MR) is 146 cm³/mol. The number of anilines is 1. The maximum atomic E-state index is 13.2. The largest absolute Gasteiger partial charge is 0.496 e. The summed E-state index contributed by atoms with van der Waals surface area (Å²) in [6.07, 6.45) is 0. The van der Waals surface area contributed by atoms with E-state index in [9.17, 15) is 18.0 Å². The van der Waals surface area contributed by atoms with Crippen LogP contribution >= 0.6 is 0 Å². The average Bonchev–Trinajstić information content (AvgIpc) is 2.92. The van der Waals surface area contributed by atoms with E-state index in [2.05, 4.69) is 26.1 Å². The minimum absolute atomic E-state index is 0.00650. The molecule has 1 saturated heterocycles. The summed E-state index contributed by atoms with van der Waals surface area (Å²) in [6, 6.07) is 18.3. The lowest BCUT2D eigenvalue weighted by Gasteiger charge is -2.26. The van der Waals surface area contributed by atoms with E-state index in [1.165, 1.54) is 29.6 Å². The van der Waals surface area contributed by atoms with Crippen LogP contribution in [0, 0.1) is 0 Å². The van der Waals surface area contributed by atoms with Crippen LogP contribution in [-0.4, -0.2) is 57.8 Å². The molecule has 0 unspecified atom stereocenters. The van der Waals surface area contributed by atoms with Crippen LogP contribution in [0.1, 0.15) is 52.6 Å². The molecule has 1 aliphatic heterocycles. The number of benzene rings is 3. The fourth-order valence-corrected chi connectivity index (χ4v) is 5.62. The lowest BCUT2D eigenvalue weighted by molar-refractivity contribution is 0.0730. The Balaban J connectivity index is 1.56. The molecule has 1 N–H and O–H groups in total. The highest BCUT2D eigenvalue weighted by molar-refractivity contribution is 7.89. The Morgan fingerprint density at radius 2 is 1.61 bits per heavy atom. The normalized spacial score (nSPS) is 14.6. The Labute approximate surface area is 223 Å². The van der Waals surface area contributed by atoms with Crippen LogP contribution in [0.15, 0.2) is 71.6 Å². The Hall–Kier alpha value is -3.53. The zero-order valence-corrected chi connectivity index (χ0v) is 22.8. The molecule has 38 heavy (non-hydrogen) atoms. The standard InChI is InChI=1S/C29H32N2O6S/c1-29(2,3)22-10-8-20(9-11-22)27(32)21-6-5-7-23(18-21)30-28(33)25-19-24(12-13-26(25)36-4)38(34,35)31-14-16-37-17-15-31/h5-13,18-19H,14-17H2,1-4H3,(H,30,33). The first-order valence-corrected chi connectivity index (χ1v) is 13.8. The second kappa shape index (κ2) is 11.1. The van der Waals surface area contributed by atoms with E-state index < -0.39 is 15.9 Å². The molecule has 1 heterocycles. The monoisotopic (exact) mass is 536 g/mol. The van der Waals surface area contributed by atoms with E-state index in [1.54, 1.807) is 36.4 Å². The minimum atomic E-state index is -3.80. The van der Waals surface area contributed by atoms with E-state index in [0.717, 1.165) is 5.56 Å². The lowest BCUT2D eigenvalue weighted by atomic mass is 9.86. The van der Waals surface area contributed by atoms with Gasteiger partial charge in [-0.15, -0.1) is 0 Å². The molecule has 4 rings (SSSR count). The number of nitrogens with zero attached hydrogens (tertiary/aromatic N) is 1. The van der Waals surface area contributed by atoms with Gasteiger partial charge in [-0.05, 0) is 41.3 Å². The summed E-state index contributed by atoms with van der Waals surface area (Å²) in [7, 11) is -2.39. The first-order valence-electron chi connectivity index (χ1n) is 12.3. The minimum Gasteiger partial charge on any atom is -0.496 e. The SMILES string of the molecule is COc1ccc(S(=O)(=O)N2CCOCC2)cc1C(=O)Nc1cccc(C(=O)c2ccc(C(C)(C)C)cc2)c1. The van der Waals surface area contributed by atoms with Gasteiger partial charge in [-0.25, -0.2) is 8.42 Å². The Kier molecular flexibility index (Phi) is 8.01. The summed E-state index contributed by atoms with van der Waals surface area (Å²) in [6.45, 7) is 7.46. The summed E-state index contributed by atoms with van der Waals surface area (Å²) >= 11 is 0. The molecule has 200 valence electrons. The van der Waals surface area contributed by atoms with Crippen molar-refractivity contribution in [1.29, 1.82) is 0 Å². The number of ketones is 1. The van der Waals surface area contributed by atoms with Crippen LogP contribution < -0.4 is 10.1 Å². The van der Waals surface area contributed by atoms with Crippen molar-refractivity contribution in [2.75, 3.05) is 38.7 Å². The molecule has 8 nitrogen and oxygen atoms in total. The molecule has 3 aromatic rings. The molecule has 1 aliphatic rings.